The largest absolute Gasteiger partial charge is 0.492 e. The molecule has 1 N–H and O–H groups in total. The average molecular weight is 320 g/mol. The SMILES string of the molecule is Cc1cccc(OCCNC(=O)Cc2cccc3cccnc23)c1. The van der Waals surface area contributed by atoms with Crippen LogP contribution in [0.25, 0.3) is 10.9 Å². The van der Waals surface area contributed by atoms with E-state index in [4.69, 9.17) is 4.74 Å². The van der Waals surface area contributed by atoms with Crippen molar-refractivity contribution in [3.8, 4) is 5.75 Å². The Morgan fingerprint density at radius 1 is 1.12 bits per heavy atom. The lowest BCUT2D eigenvalue weighted by Crippen LogP contribution is -2.29. The van der Waals surface area contributed by atoms with Gasteiger partial charge in [0.05, 0.1) is 18.5 Å². The highest BCUT2D eigenvalue weighted by atomic mass is 16.5. The number of benzene rings is 2. The molecule has 4 heteroatoms. The van der Waals surface area contributed by atoms with Crippen molar-refractivity contribution in [2.75, 3.05) is 13.2 Å². The van der Waals surface area contributed by atoms with Crippen molar-refractivity contribution < 1.29 is 9.53 Å². The Balaban J connectivity index is 1.50. The van der Waals surface area contributed by atoms with Crippen LogP contribution in [0.2, 0.25) is 0 Å². The molecule has 1 amide bonds. The number of nitrogens with zero attached hydrogens (tertiary/aromatic N) is 1. The number of rotatable bonds is 6. The quantitative estimate of drug-likeness (QED) is 0.709. The smallest absolute Gasteiger partial charge is 0.224 e. The van der Waals surface area contributed by atoms with E-state index >= 15 is 0 Å². The normalized spacial score (nSPS) is 10.5. The fourth-order valence-corrected chi connectivity index (χ4v) is 2.61. The van der Waals surface area contributed by atoms with Crippen LogP contribution in [0.15, 0.2) is 60.8 Å². The van der Waals surface area contributed by atoms with Crippen LogP contribution >= 0.6 is 0 Å². The Labute approximate surface area is 141 Å². The molecule has 2 aromatic carbocycles. The fraction of sp³-hybridized carbons (Fsp3) is 0.200. The molecule has 0 saturated carbocycles. The molecule has 0 bridgehead atoms. The van der Waals surface area contributed by atoms with Crippen molar-refractivity contribution in [1.82, 2.24) is 10.3 Å². The van der Waals surface area contributed by atoms with Gasteiger partial charge in [-0.2, -0.15) is 0 Å². The molecule has 1 aromatic heterocycles. The van der Waals surface area contributed by atoms with Gasteiger partial charge in [0, 0.05) is 11.6 Å². The number of carbonyl (C=O) groups is 1. The minimum atomic E-state index is -0.0269. The summed E-state index contributed by atoms with van der Waals surface area (Å²) < 4.78 is 5.63. The minimum absolute atomic E-state index is 0.0269. The van der Waals surface area contributed by atoms with E-state index in [0.717, 1.165) is 27.8 Å². The van der Waals surface area contributed by atoms with Crippen molar-refractivity contribution in [2.45, 2.75) is 13.3 Å². The number of pyridine rings is 1. The van der Waals surface area contributed by atoms with Crippen molar-refractivity contribution >= 4 is 16.8 Å². The third-order valence-corrected chi connectivity index (χ3v) is 3.75. The second kappa shape index (κ2) is 7.59. The molecule has 0 aliphatic rings. The highest BCUT2D eigenvalue weighted by molar-refractivity contribution is 5.87. The summed E-state index contributed by atoms with van der Waals surface area (Å²) >= 11 is 0. The zero-order valence-corrected chi connectivity index (χ0v) is 13.7. The maximum atomic E-state index is 12.1. The maximum absolute atomic E-state index is 12.1. The Hall–Kier alpha value is -2.88. The second-order valence-electron chi connectivity index (χ2n) is 5.68. The molecule has 0 fully saturated rings. The number of nitrogens with one attached hydrogen (secondary N) is 1. The van der Waals surface area contributed by atoms with E-state index in [1.165, 1.54) is 0 Å². The lowest BCUT2D eigenvalue weighted by molar-refractivity contribution is -0.120. The lowest BCUT2D eigenvalue weighted by Gasteiger charge is -2.09. The van der Waals surface area contributed by atoms with Crippen LogP contribution in [0.4, 0.5) is 0 Å². The summed E-state index contributed by atoms with van der Waals surface area (Å²) in [5.41, 5.74) is 2.97. The highest BCUT2D eigenvalue weighted by Crippen LogP contribution is 2.16. The van der Waals surface area contributed by atoms with Gasteiger partial charge in [-0.1, -0.05) is 36.4 Å². The van der Waals surface area contributed by atoms with E-state index in [1.807, 2.05) is 61.5 Å². The average Bonchev–Trinajstić information content (AvgIpc) is 2.59. The van der Waals surface area contributed by atoms with Gasteiger partial charge < -0.3 is 10.1 Å². The fourth-order valence-electron chi connectivity index (χ4n) is 2.61. The molecule has 0 radical (unpaired) electrons. The first-order valence-electron chi connectivity index (χ1n) is 8.01. The highest BCUT2D eigenvalue weighted by Gasteiger charge is 2.07. The Morgan fingerprint density at radius 3 is 2.83 bits per heavy atom. The molecule has 0 aliphatic heterocycles. The van der Waals surface area contributed by atoms with Crippen LogP contribution in [-0.4, -0.2) is 24.0 Å². The Morgan fingerprint density at radius 2 is 1.96 bits per heavy atom. The van der Waals surface area contributed by atoms with Crippen molar-refractivity contribution in [3.05, 3.63) is 71.9 Å². The predicted octanol–water partition coefficient (Wildman–Crippen LogP) is 3.28. The van der Waals surface area contributed by atoms with Gasteiger partial charge in [0.15, 0.2) is 0 Å². The van der Waals surface area contributed by atoms with Crippen LogP contribution in [0, 0.1) is 6.92 Å². The van der Waals surface area contributed by atoms with E-state index < -0.39 is 0 Å². The van der Waals surface area contributed by atoms with Crippen LogP contribution in [-0.2, 0) is 11.2 Å². The third kappa shape index (κ3) is 4.10. The van der Waals surface area contributed by atoms with Gasteiger partial charge >= 0.3 is 0 Å². The molecule has 0 spiro atoms. The van der Waals surface area contributed by atoms with Crippen LogP contribution < -0.4 is 10.1 Å². The summed E-state index contributed by atoms with van der Waals surface area (Å²) in [6, 6.07) is 17.7. The van der Waals surface area contributed by atoms with Gasteiger partial charge in [-0.3, -0.25) is 9.78 Å². The van der Waals surface area contributed by atoms with Gasteiger partial charge in [-0.25, -0.2) is 0 Å². The number of aromatic nitrogens is 1. The molecule has 4 nitrogen and oxygen atoms in total. The Bertz CT molecular complexity index is 840. The first-order valence-corrected chi connectivity index (χ1v) is 8.01. The number of hydrogen-bond donors (Lipinski definition) is 1. The molecule has 122 valence electrons. The second-order valence-corrected chi connectivity index (χ2v) is 5.68. The number of carbonyl (C=O) groups excluding carboxylic acids is 1. The van der Waals surface area contributed by atoms with Crippen LogP contribution in [0.1, 0.15) is 11.1 Å². The first kappa shape index (κ1) is 16.0. The minimum Gasteiger partial charge on any atom is -0.492 e. The number of hydrogen-bond acceptors (Lipinski definition) is 3. The molecule has 0 saturated heterocycles. The molecule has 0 unspecified atom stereocenters. The van der Waals surface area contributed by atoms with Gasteiger partial charge in [-0.15, -0.1) is 0 Å². The number of ether oxygens (including phenoxy) is 1. The summed E-state index contributed by atoms with van der Waals surface area (Å²) in [5, 5.41) is 3.94. The van der Waals surface area contributed by atoms with Crippen molar-refractivity contribution in [3.63, 3.8) is 0 Å². The van der Waals surface area contributed by atoms with E-state index in [2.05, 4.69) is 10.3 Å². The standard InChI is InChI=1S/C20H20N2O2/c1-15-5-2-9-18(13-15)24-12-11-21-19(23)14-17-7-3-6-16-8-4-10-22-20(16)17/h2-10,13H,11-12,14H2,1H3,(H,21,23). The number of fused-ring (bicyclic) bond motifs is 1. The molecule has 24 heavy (non-hydrogen) atoms. The zero-order valence-electron chi connectivity index (χ0n) is 13.7. The van der Waals surface area contributed by atoms with E-state index in [0.29, 0.717) is 19.6 Å². The summed E-state index contributed by atoms with van der Waals surface area (Å²) in [6.45, 7) is 2.95. The summed E-state index contributed by atoms with van der Waals surface area (Å²) in [6.07, 6.45) is 2.07. The van der Waals surface area contributed by atoms with E-state index in [9.17, 15) is 4.79 Å². The monoisotopic (exact) mass is 320 g/mol. The van der Waals surface area contributed by atoms with Crippen LogP contribution in [0.3, 0.4) is 0 Å². The zero-order chi connectivity index (χ0) is 16.8. The molecule has 3 rings (SSSR count). The third-order valence-electron chi connectivity index (χ3n) is 3.75. The number of aryl methyl sites for hydroxylation is 1. The lowest BCUT2D eigenvalue weighted by atomic mass is 10.1. The van der Waals surface area contributed by atoms with Crippen molar-refractivity contribution in [2.24, 2.45) is 0 Å². The summed E-state index contributed by atoms with van der Waals surface area (Å²) in [5.74, 6) is 0.795. The van der Waals surface area contributed by atoms with Crippen LogP contribution in [0.5, 0.6) is 5.75 Å². The molecule has 0 atom stereocenters. The van der Waals surface area contributed by atoms with Gasteiger partial charge in [0.25, 0.3) is 0 Å². The predicted molar refractivity (Wildman–Crippen MR) is 95.1 cm³/mol. The summed E-state index contributed by atoms with van der Waals surface area (Å²) in [4.78, 5) is 16.5. The summed E-state index contributed by atoms with van der Waals surface area (Å²) in [7, 11) is 0. The van der Waals surface area contributed by atoms with Gasteiger partial charge in [0.1, 0.15) is 12.4 Å². The number of para-hydroxylation sites is 1. The van der Waals surface area contributed by atoms with E-state index in [-0.39, 0.29) is 5.91 Å². The molecular formula is C20H20N2O2. The maximum Gasteiger partial charge on any atom is 0.224 e. The van der Waals surface area contributed by atoms with Gasteiger partial charge in [-0.05, 0) is 36.2 Å². The molecule has 1 heterocycles. The molecular weight excluding hydrogens is 300 g/mol. The number of amides is 1. The van der Waals surface area contributed by atoms with Crippen molar-refractivity contribution in [1.29, 1.82) is 0 Å². The molecule has 0 aliphatic carbocycles. The van der Waals surface area contributed by atoms with E-state index in [1.54, 1.807) is 6.20 Å². The topological polar surface area (TPSA) is 51.2 Å². The Kier molecular flexibility index (Phi) is 5.06. The molecule has 3 aromatic rings. The van der Waals surface area contributed by atoms with Gasteiger partial charge in [0.2, 0.25) is 5.91 Å². The first-order chi connectivity index (χ1) is 11.7.